The van der Waals surface area contributed by atoms with Gasteiger partial charge in [-0.05, 0) is 6.42 Å². The maximum atomic E-state index is 12.0. The van der Waals surface area contributed by atoms with E-state index >= 15 is 0 Å². The molecule has 2 heterocycles. The third-order valence-corrected chi connectivity index (χ3v) is 3.30. The van der Waals surface area contributed by atoms with Gasteiger partial charge in [0.25, 0.3) is 5.56 Å². The predicted octanol–water partition coefficient (Wildman–Crippen LogP) is 0.644. The number of thiazole rings is 1. The van der Waals surface area contributed by atoms with Gasteiger partial charge in [0.15, 0.2) is 4.96 Å². The number of hydrogen-bond donors (Lipinski definition) is 1. The van der Waals surface area contributed by atoms with Gasteiger partial charge in [0.05, 0.1) is 5.69 Å². The van der Waals surface area contributed by atoms with Crippen molar-refractivity contribution in [3.05, 3.63) is 26.5 Å². The second-order valence-corrected chi connectivity index (χ2v) is 4.23. The van der Waals surface area contributed by atoms with Crippen LogP contribution in [0.5, 0.6) is 0 Å². The fourth-order valence-corrected chi connectivity index (χ4v) is 2.37. The number of aryl methyl sites for hydroxylation is 1. The summed E-state index contributed by atoms with van der Waals surface area (Å²) in [5, 5.41) is 17.8. The Balaban J connectivity index is 3.02. The summed E-state index contributed by atoms with van der Waals surface area (Å²) >= 11 is 1.04. The Morgan fingerprint density at radius 3 is 2.71 bits per heavy atom. The highest BCUT2D eigenvalue weighted by Crippen LogP contribution is 2.22. The van der Waals surface area contributed by atoms with E-state index in [0.29, 0.717) is 17.1 Å². The van der Waals surface area contributed by atoms with E-state index in [0.717, 1.165) is 15.7 Å². The molecule has 84 valence electrons. The molecule has 0 unspecified atom stereocenters. The van der Waals surface area contributed by atoms with Gasteiger partial charge in [-0.3, -0.25) is 4.79 Å². The molecule has 0 atom stereocenters. The first-order valence-electron chi connectivity index (χ1n) is 4.78. The fraction of sp³-hybridized carbons (Fsp3) is 0.200. The molecule has 0 radical (unpaired) electrons. The van der Waals surface area contributed by atoms with E-state index < -0.39 is 5.56 Å². The molecule has 0 bridgehead atoms. The molecule has 2 aromatic heterocycles. The summed E-state index contributed by atoms with van der Waals surface area (Å²) in [5.41, 5.74) is 5.58. The van der Waals surface area contributed by atoms with Gasteiger partial charge in [-0.25, -0.2) is 9.38 Å². The maximum absolute atomic E-state index is 12.0. The smallest absolute Gasteiger partial charge is 0.278 e. The molecule has 0 fully saturated rings. The minimum atomic E-state index is -0.510. The van der Waals surface area contributed by atoms with Crippen molar-refractivity contribution in [1.29, 1.82) is 10.5 Å². The molecule has 6 nitrogen and oxygen atoms in total. The van der Waals surface area contributed by atoms with Crippen LogP contribution >= 0.6 is 11.3 Å². The lowest BCUT2D eigenvalue weighted by Crippen LogP contribution is -2.21. The summed E-state index contributed by atoms with van der Waals surface area (Å²) in [6.45, 7) is 1.81. The molecule has 0 aliphatic heterocycles. The second kappa shape index (κ2) is 3.89. The number of fused-ring (bicyclic) bond motifs is 1. The van der Waals surface area contributed by atoms with E-state index in [1.54, 1.807) is 6.92 Å². The molecule has 0 amide bonds. The van der Waals surface area contributed by atoms with Crippen molar-refractivity contribution in [3.8, 4) is 12.1 Å². The van der Waals surface area contributed by atoms with Crippen LogP contribution in [0.3, 0.4) is 0 Å². The molecule has 0 saturated heterocycles. The van der Waals surface area contributed by atoms with Gasteiger partial charge < -0.3 is 5.73 Å². The first kappa shape index (κ1) is 11.1. The third-order valence-electron chi connectivity index (χ3n) is 2.34. The topological polar surface area (TPSA) is 108 Å². The highest BCUT2D eigenvalue weighted by atomic mass is 32.1. The van der Waals surface area contributed by atoms with Crippen molar-refractivity contribution in [2.24, 2.45) is 0 Å². The first-order chi connectivity index (χ1) is 8.13. The molecule has 0 aliphatic carbocycles. The molecule has 7 heteroatoms. The van der Waals surface area contributed by atoms with Crippen LogP contribution in [-0.2, 0) is 6.42 Å². The largest absolute Gasteiger partial charge is 0.383 e. The van der Waals surface area contributed by atoms with Crippen LogP contribution in [0.25, 0.3) is 4.96 Å². The minimum absolute atomic E-state index is 0.0148. The van der Waals surface area contributed by atoms with Gasteiger partial charge in [0, 0.05) is 0 Å². The van der Waals surface area contributed by atoms with E-state index in [1.165, 1.54) is 0 Å². The van der Waals surface area contributed by atoms with Gasteiger partial charge in [-0.15, -0.1) is 0 Å². The Bertz CT molecular complexity index is 743. The predicted molar refractivity (Wildman–Crippen MR) is 62.6 cm³/mol. The van der Waals surface area contributed by atoms with E-state index in [4.69, 9.17) is 16.3 Å². The van der Waals surface area contributed by atoms with Gasteiger partial charge in [-0.1, -0.05) is 18.3 Å². The summed E-state index contributed by atoms with van der Waals surface area (Å²) in [7, 11) is 0. The lowest BCUT2D eigenvalue weighted by atomic mass is 10.2. The second-order valence-electron chi connectivity index (χ2n) is 3.25. The first-order valence-corrected chi connectivity index (χ1v) is 5.59. The van der Waals surface area contributed by atoms with Crippen molar-refractivity contribution in [2.45, 2.75) is 13.3 Å². The highest BCUT2D eigenvalue weighted by Gasteiger charge is 2.17. The Morgan fingerprint density at radius 2 is 2.18 bits per heavy atom. The molecule has 2 rings (SSSR count). The number of nitrogen functional groups attached to an aromatic ring is 1. The average molecular weight is 245 g/mol. The van der Waals surface area contributed by atoms with Crippen LogP contribution in [-0.4, -0.2) is 9.38 Å². The van der Waals surface area contributed by atoms with E-state index in [-0.39, 0.29) is 16.3 Å². The van der Waals surface area contributed by atoms with Crippen molar-refractivity contribution >= 4 is 22.1 Å². The van der Waals surface area contributed by atoms with Crippen LogP contribution in [0.2, 0.25) is 0 Å². The number of anilines is 1. The van der Waals surface area contributed by atoms with E-state index in [9.17, 15) is 4.79 Å². The molecule has 0 aliphatic rings. The van der Waals surface area contributed by atoms with E-state index in [1.807, 2.05) is 12.1 Å². The third kappa shape index (κ3) is 1.45. The zero-order valence-corrected chi connectivity index (χ0v) is 9.71. The normalized spacial score (nSPS) is 10.1. The summed E-state index contributed by atoms with van der Waals surface area (Å²) in [6.07, 6.45) is 0.480. The van der Waals surface area contributed by atoms with Gasteiger partial charge in [0.2, 0.25) is 0 Å². The molecule has 0 spiro atoms. The summed E-state index contributed by atoms with van der Waals surface area (Å²) in [5.74, 6) is 0.0455. The Kier molecular flexibility index (Phi) is 2.54. The van der Waals surface area contributed by atoms with Gasteiger partial charge in [-0.2, -0.15) is 10.5 Å². The molecule has 2 aromatic rings. The van der Waals surface area contributed by atoms with Gasteiger partial charge >= 0.3 is 0 Å². The fourth-order valence-electron chi connectivity index (χ4n) is 1.52. The lowest BCUT2D eigenvalue weighted by Gasteiger charge is -2.00. The highest BCUT2D eigenvalue weighted by molar-refractivity contribution is 7.18. The van der Waals surface area contributed by atoms with E-state index in [2.05, 4.69) is 4.98 Å². The van der Waals surface area contributed by atoms with Crippen LogP contribution in [0.15, 0.2) is 4.79 Å². The Morgan fingerprint density at radius 1 is 1.47 bits per heavy atom. The molecule has 0 saturated carbocycles. The molecule has 0 aromatic carbocycles. The number of nitrogens with zero attached hydrogens (tertiary/aromatic N) is 4. The van der Waals surface area contributed by atoms with Crippen molar-refractivity contribution in [3.63, 3.8) is 0 Å². The molecule has 2 N–H and O–H groups in total. The number of nitriles is 2. The summed E-state index contributed by atoms with van der Waals surface area (Å²) < 4.78 is 1.11. The number of hydrogen-bond acceptors (Lipinski definition) is 6. The quantitative estimate of drug-likeness (QED) is 0.793. The van der Waals surface area contributed by atoms with Crippen LogP contribution in [0.1, 0.15) is 23.1 Å². The summed E-state index contributed by atoms with van der Waals surface area (Å²) in [6, 6.07) is 3.73. The van der Waals surface area contributed by atoms with Crippen LogP contribution in [0.4, 0.5) is 5.82 Å². The molecular weight excluding hydrogens is 238 g/mol. The zero-order chi connectivity index (χ0) is 12.6. The molecule has 17 heavy (non-hydrogen) atoms. The minimum Gasteiger partial charge on any atom is -0.383 e. The standard InChI is InChI=1S/C10H7N5OS/c1-2-6-5(3-11)9(16)15-8(13)7(4-12)17-10(15)14-6/h2,13H2,1H3. The van der Waals surface area contributed by atoms with Crippen molar-refractivity contribution < 1.29 is 0 Å². The summed E-state index contributed by atoms with van der Waals surface area (Å²) in [4.78, 5) is 16.8. The maximum Gasteiger partial charge on any atom is 0.278 e. The monoisotopic (exact) mass is 245 g/mol. The number of aromatic nitrogens is 2. The van der Waals surface area contributed by atoms with Crippen LogP contribution in [0, 0.1) is 22.7 Å². The molecular formula is C10H7N5OS. The zero-order valence-electron chi connectivity index (χ0n) is 8.89. The van der Waals surface area contributed by atoms with Crippen molar-refractivity contribution in [2.75, 3.05) is 5.73 Å². The Labute approximate surface area is 100 Å². The van der Waals surface area contributed by atoms with Crippen LogP contribution < -0.4 is 11.3 Å². The SMILES string of the molecule is CCc1nc2sc(C#N)c(N)n2c(=O)c1C#N. The average Bonchev–Trinajstić information content (AvgIpc) is 2.65. The van der Waals surface area contributed by atoms with Crippen molar-refractivity contribution in [1.82, 2.24) is 9.38 Å². The lowest BCUT2D eigenvalue weighted by molar-refractivity contribution is 0.973. The van der Waals surface area contributed by atoms with Gasteiger partial charge in [0.1, 0.15) is 28.4 Å². The Hall–Kier alpha value is -2.38. The number of nitrogens with two attached hydrogens (primary N) is 1. The number of rotatable bonds is 1.